The molecule has 1 saturated heterocycles. The van der Waals surface area contributed by atoms with Crippen LogP contribution in [0.3, 0.4) is 0 Å². The lowest BCUT2D eigenvalue weighted by molar-refractivity contribution is 0.0894. The second-order valence-corrected chi connectivity index (χ2v) is 13.4. The largest absolute Gasteiger partial charge is 0.493 e. The molecule has 2 aromatic heterocycles. The number of fused-ring (bicyclic) bond motifs is 1. The number of nitrogens with zero attached hydrogens (tertiary/aromatic N) is 4. The highest BCUT2D eigenvalue weighted by atomic mass is 32.2. The maximum Gasteiger partial charge on any atom is 0.277 e. The lowest BCUT2D eigenvalue weighted by Crippen LogP contribution is -2.38. The molecule has 12 heteroatoms. The van der Waals surface area contributed by atoms with Gasteiger partial charge in [-0.25, -0.2) is 17.9 Å². The summed E-state index contributed by atoms with van der Waals surface area (Å²) in [6.45, 7) is 8.26. The van der Waals surface area contributed by atoms with Gasteiger partial charge in [-0.05, 0) is 71.1 Å². The van der Waals surface area contributed by atoms with Crippen molar-refractivity contribution in [1.29, 1.82) is 0 Å². The van der Waals surface area contributed by atoms with Crippen molar-refractivity contribution in [2.24, 2.45) is 0 Å². The molecule has 1 aliphatic carbocycles. The molecule has 1 aromatic carbocycles. The number of sulfonamides is 1. The van der Waals surface area contributed by atoms with Gasteiger partial charge in [-0.3, -0.25) is 4.79 Å². The van der Waals surface area contributed by atoms with E-state index in [-0.39, 0.29) is 34.8 Å². The molecule has 0 amide bonds. The average Bonchev–Trinajstić information content (AvgIpc) is 3.53. The summed E-state index contributed by atoms with van der Waals surface area (Å²) < 4.78 is 48.5. The van der Waals surface area contributed by atoms with Crippen molar-refractivity contribution in [3.8, 4) is 17.1 Å². The normalized spacial score (nSPS) is 18.5. The molecule has 1 aliphatic heterocycles. The van der Waals surface area contributed by atoms with Crippen LogP contribution in [0.25, 0.3) is 16.9 Å². The first-order chi connectivity index (χ1) is 20.8. The van der Waals surface area contributed by atoms with Gasteiger partial charge in [0.2, 0.25) is 10.0 Å². The first-order valence-corrected chi connectivity index (χ1v) is 17.2. The smallest absolute Gasteiger partial charge is 0.277 e. The molecule has 5 rings (SSSR count). The third-order valence-electron chi connectivity index (χ3n) is 8.40. The SMILES string of the molecule is CCOCCCN(CC1CCCO1)S(=O)(=O)c1ccc(OCC)c(-c2nn3c(C4CCCCCC4)nc(C)c3c(=O)[nH]2)c1. The lowest BCUT2D eigenvalue weighted by atomic mass is 10.00. The monoisotopic (exact) mass is 615 g/mol. The van der Waals surface area contributed by atoms with Crippen LogP contribution in [0.4, 0.5) is 0 Å². The van der Waals surface area contributed by atoms with Crippen molar-refractivity contribution >= 4 is 15.5 Å². The van der Waals surface area contributed by atoms with Gasteiger partial charge in [0.25, 0.3) is 5.56 Å². The summed E-state index contributed by atoms with van der Waals surface area (Å²) in [6.07, 6.45) is 8.82. The van der Waals surface area contributed by atoms with Gasteiger partial charge in [-0.1, -0.05) is 25.7 Å². The fourth-order valence-electron chi connectivity index (χ4n) is 6.21. The molecular formula is C31H45N5O6S. The van der Waals surface area contributed by atoms with Crippen LogP contribution < -0.4 is 10.3 Å². The van der Waals surface area contributed by atoms with Gasteiger partial charge in [0.15, 0.2) is 11.3 Å². The Bertz CT molecular complexity index is 1540. The zero-order chi connectivity index (χ0) is 30.4. The molecule has 2 fully saturated rings. The molecule has 0 radical (unpaired) electrons. The second-order valence-electron chi connectivity index (χ2n) is 11.4. The number of ether oxygens (including phenoxy) is 3. The summed E-state index contributed by atoms with van der Waals surface area (Å²) in [5.74, 6) is 1.69. The average molecular weight is 616 g/mol. The fraction of sp³-hybridized carbons (Fsp3) is 0.645. The van der Waals surface area contributed by atoms with Gasteiger partial charge in [0.1, 0.15) is 11.6 Å². The van der Waals surface area contributed by atoms with Crippen LogP contribution in [0.2, 0.25) is 0 Å². The van der Waals surface area contributed by atoms with Crippen molar-refractivity contribution in [3.63, 3.8) is 0 Å². The van der Waals surface area contributed by atoms with Gasteiger partial charge in [0, 0.05) is 38.8 Å². The number of H-pyrrole nitrogens is 1. The number of aromatic amines is 1. The number of benzene rings is 1. The molecular weight excluding hydrogens is 570 g/mol. The molecule has 0 spiro atoms. The number of aromatic nitrogens is 4. The number of aryl methyl sites for hydroxylation is 1. The highest BCUT2D eigenvalue weighted by Crippen LogP contribution is 2.34. The van der Waals surface area contributed by atoms with E-state index in [1.165, 1.54) is 17.1 Å². The van der Waals surface area contributed by atoms with E-state index in [0.29, 0.717) is 61.9 Å². The maximum absolute atomic E-state index is 14.1. The van der Waals surface area contributed by atoms with E-state index in [4.69, 9.17) is 24.3 Å². The predicted molar refractivity (Wildman–Crippen MR) is 164 cm³/mol. The van der Waals surface area contributed by atoms with Crippen LogP contribution in [0.1, 0.15) is 89.1 Å². The van der Waals surface area contributed by atoms with Crippen molar-refractivity contribution in [3.05, 3.63) is 40.1 Å². The first-order valence-electron chi connectivity index (χ1n) is 15.8. The minimum atomic E-state index is -3.91. The Kier molecular flexibility index (Phi) is 10.5. The van der Waals surface area contributed by atoms with Crippen LogP contribution in [-0.4, -0.2) is 77.9 Å². The standard InChI is InChI=1S/C31H45N5O6S/c1-4-40-18-11-17-35(21-24-14-10-19-42-24)43(38,39)25-15-16-27(41-5-2)26(20-25)29-33-31(37)28-22(3)32-30(36(28)34-29)23-12-8-6-7-9-13-23/h15-16,20,23-24H,4-14,17-19,21H2,1-3H3,(H,33,34,37). The molecule has 1 unspecified atom stereocenters. The van der Waals surface area contributed by atoms with E-state index < -0.39 is 10.0 Å². The Morgan fingerprint density at radius 1 is 1.09 bits per heavy atom. The zero-order valence-corrected chi connectivity index (χ0v) is 26.5. The predicted octanol–water partition coefficient (Wildman–Crippen LogP) is 4.83. The maximum atomic E-state index is 14.1. The van der Waals surface area contributed by atoms with E-state index in [1.807, 2.05) is 20.8 Å². The fourth-order valence-corrected chi connectivity index (χ4v) is 7.75. The van der Waals surface area contributed by atoms with E-state index in [2.05, 4.69) is 4.98 Å². The van der Waals surface area contributed by atoms with Crippen LogP contribution in [-0.2, 0) is 19.5 Å². The van der Waals surface area contributed by atoms with Gasteiger partial charge in [0.05, 0.1) is 28.9 Å². The Morgan fingerprint density at radius 2 is 1.88 bits per heavy atom. The number of imidazole rings is 1. The molecule has 1 N–H and O–H groups in total. The first kappa shape index (κ1) is 31.6. The van der Waals surface area contributed by atoms with Crippen molar-refractivity contribution in [2.75, 3.05) is 39.5 Å². The Hall–Kier alpha value is -2.80. The Labute approximate surface area is 254 Å². The summed E-state index contributed by atoms with van der Waals surface area (Å²) in [5.41, 5.74) is 1.15. The third-order valence-corrected chi connectivity index (χ3v) is 10.3. The zero-order valence-electron chi connectivity index (χ0n) is 25.6. The van der Waals surface area contributed by atoms with Crippen LogP contribution >= 0.6 is 0 Å². The van der Waals surface area contributed by atoms with Crippen molar-refractivity contribution < 1.29 is 22.6 Å². The highest BCUT2D eigenvalue weighted by molar-refractivity contribution is 7.89. The molecule has 1 atom stereocenters. The van der Waals surface area contributed by atoms with Gasteiger partial charge >= 0.3 is 0 Å². The van der Waals surface area contributed by atoms with Crippen molar-refractivity contribution in [2.45, 2.75) is 95.5 Å². The van der Waals surface area contributed by atoms with Crippen LogP contribution in [0.5, 0.6) is 5.75 Å². The molecule has 3 heterocycles. The molecule has 43 heavy (non-hydrogen) atoms. The topological polar surface area (TPSA) is 128 Å². The van der Waals surface area contributed by atoms with E-state index >= 15 is 0 Å². The molecule has 11 nitrogen and oxygen atoms in total. The molecule has 236 valence electrons. The highest BCUT2D eigenvalue weighted by Gasteiger charge is 2.30. The van der Waals surface area contributed by atoms with Gasteiger partial charge in [-0.15, -0.1) is 5.10 Å². The van der Waals surface area contributed by atoms with Gasteiger partial charge in [-0.2, -0.15) is 4.31 Å². The number of nitrogens with one attached hydrogen (secondary N) is 1. The Morgan fingerprint density at radius 3 is 2.58 bits per heavy atom. The molecule has 2 aliphatic rings. The second kappa shape index (κ2) is 14.3. The number of hydrogen-bond donors (Lipinski definition) is 1. The summed E-state index contributed by atoms with van der Waals surface area (Å²) in [5, 5.41) is 4.87. The molecule has 3 aromatic rings. The summed E-state index contributed by atoms with van der Waals surface area (Å²) in [4.78, 5) is 21.2. The van der Waals surface area contributed by atoms with E-state index in [1.54, 1.807) is 22.7 Å². The molecule has 1 saturated carbocycles. The minimum Gasteiger partial charge on any atom is -0.493 e. The minimum absolute atomic E-state index is 0.105. The van der Waals surface area contributed by atoms with E-state index in [9.17, 15) is 13.2 Å². The third kappa shape index (κ3) is 7.13. The van der Waals surface area contributed by atoms with Gasteiger partial charge < -0.3 is 19.2 Å². The quantitative estimate of drug-likeness (QED) is 0.214. The van der Waals surface area contributed by atoms with E-state index in [0.717, 1.165) is 44.3 Å². The lowest BCUT2D eigenvalue weighted by Gasteiger charge is -2.25. The number of rotatable bonds is 13. The van der Waals surface area contributed by atoms with Crippen LogP contribution in [0.15, 0.2) is 27.9 Å². The summed E-state index contributed by atoms with van der Waals surface area (Å²) in [7, 11) is -3.91. The summed E-state index contributed by atoms with van der Waals surface area (Å²) >= 11 is 0. The Balaban J connectivity index is 1.56. The summed E-state index contributed by atoms with van der Waals surface area (Å²) in [6, 6.07) is 4.76. The number of hydrogen-bond acceptors (Lipinski definition) is 8. The van der Waals surface area contributed by atoms with Crippen LogP contribution in [0, 0.1) is 6.92 Å². The molecule has 0 bridgehead atoms. The van der Waals surface area contributed by atoms with Crippen molar-refractivity contribution in [1.82, 2.24) is 23.9 Å².